The van der Waals surface area contributed by atoms with Crippen molar-refractivity contribution in [1.29, 1.82) is 0 Å². The molecule has 1 saturated carbocycles. The van der Waals surface area contributed by atoms with Crippen molar-refractivity contribution in [3.8, 4) is 0 Å². The molecule has 2 aromatic rings. The third-order valence-electron chi connectivity index (χ3n) is 3.13. The van der Waals surface area contributed by atoms with Crippen LogP contribution in [0.3, 0.4) is 0 Å². The van der Waals surface area contributed by atoms with Crippen molar-refractivity contribution < 1.29 is 9.59 Å². The molecule has 7 heteroatoms. The topological polar surface area (TPSA) is 99.8 Å². The molecule has 1 aromatic heterocycles. The molecule has 21 heavy (non-hydrogen) atoms. The van der Waals surface area contributed by atoms with Crippen molar-refractivity contribution in [3.63, 3.8) is 0 Å². The molecule has 2 amide bonds. The van der Waals surface area contributed by atoms with Gasteiger partial charge in [0.05, 0.1) is 11.3 Å². The third-order valence-corrected chi connectivity index (χ3v) is 3.13. The number of para-hydroxylation sites is 1. The maximum absolute atomic E-state index is 12.1. The highest BCUT2D eigenvalue weighted by atomic mass is 16.2. The molecule has 0 unspecified atom stereocenters. The average molecular weight is 285 g/mol. The van der Waals surface area contributed by atoms with Gasteiger partial charge in [-0.1, -0.05) is 12.1 Å². The lowest BCUT2D eigenvalue weighted by Gasteiger charge is -2.09. The Labute approximate surface area is 121 Å². The van der Waals surface area contributed by atoms with Gasteiger partial charge in [-0.25, -0.2) is 4.98 Å². The van der Waals surface area contributed by atoms with Crippen LogP contribution in [-0.2, 0) is 0 Å². The zero-order valence-corrected chi connectivity index (χ0v) is 11.5. The number of amides is 2. The van der Waals surface area contributed by atoms with Crippen molar-refractivity contribution >= 4 is 17.5 Å². The van der Waals surface area contributed by atoms with Gasteiger partial charge in [-0.2, -0.15) is 0 Å². The van der Waals surface area contributed by atoms with Gasteiger partial charge >= 0.3 is 0 Å². The lowest BCUT2D eigenvalue weighted by atomic mass is 10.1. The number of nitrogens with zero attached hydrogens (tertiary/aromatic N) is 2. The van der Waals surface area contributed by atoms with Gasteiger partial charge in [0.2, 0.25) is 5.82 Å². The van der Waals surface area contributed by atoms with Crippen LogP contribution in [0.1, 0.15) is 39.6 Å². The Balaban J connectivity index is 1.78. The Morgan fingerprint density at radius 1 is 1.24 bits per heavy atom. The van der Waals surface area contributed by atoms with Crippen LogP contribution in [0.4, 0.5) is 5.69 Å². The van der Waals surface area contributed by atoms with Gasteiger partial charge in [0.1, 0.15) is 5.82 Å². The first-order valence-electron chi connectivity index (χ1n) is 6.74. The fraction of sp³-hybridized carbons (Fsp3) is 0.286. The standard InChI is InChI=1S/C14H15N5O2/c1-8-15-12(19-18-8)14(21)17-11-5-3-2-4-10(11)13(20)16-9-6-7-9/h2-5,9H,6-7H2,1H3,(H,16,20)(H,17,21)(H,15,18,19). The van der Waals surface area contributed by atoms with E-state index in [1.807, 2.05) is 0 Å². The second-order valence-corrected chi connectivity index (χ2v) is 4.99. The predicted molar refractivity (Wildman–Crippen MR) is 76.0 cm³/mol. The summed E-state index contributed by atoms with van der Waals surface area (Å²) in [6.07, 6.45) is 2.02. The highest BCUT2D eigenvalue weighted by molar-refractivity contribution is 6.07. The maximum atomic E-state index is 12.1. The summed E-state index contributed by atoms with van der Waals surface area (Å²) in [6.45, 7) is 1.71. The first-order chi connectivity index (χ1) is 10.1. The number of carbonyl (C=O) groups excluding carboxylic acids is 2. The molecular weight excluding hydrogens is 270 g/mol. The van der Waals surface area contributed by atoms with Gasteiger partial charge in [0, 0.05) is 6.04 Å². The van der Waals surface area contributed by atoms with E-state index in [1.165, 1.54) is 0 Å². The van der Waals surface area contributed by atoms with Gasteiger partial charge in [-0.3, -0.25) is 14.7 Å². The van der Waals surface area contributed by atoms with E-state index >= 15 is 0 Å². The quantitative estimate of drug-likeness (QED) is 0.787. The Morgan fingerprint density at radius 3 is 2.67 bits per heavy atom. The molecule has 1 aromatic carbocycles. The molecule has 0 aliphatic heterocycles. The number of aryl methyl sites for hydroxylation is 1. The Bertz CT molecular complexity index is 690. The lowest BCUT2D eigenvalue weighted by molar-refractivity contribution is 0.0952. The highest BCUT2D eigenvalue weighted by Crippen LogP contribution is 2.21. The van der Waals surface area contributed by atoms with Crippen molar-refractivity contribution in [2.45, 2.75) is 25.8 Å². The molecule has 0 radical (unpaired) electrons. The molecule has 3 rings (SSSR count). The molecule has 0 spiro atoms. The van der Waals surface area contributed by atoms with Crippen LogP contribution in [0, 0.1) is 6.92 Å². The van der Waals surface area contributed by atoms with E-state index in [-0.39, 0.29) is 17.8 Å². The number of rotatable bonds is 4. The summed E-state index contributed by atoms with van der Waals surface area (Å²) in [5.41, 5.74) is 0.883. The van der Waals surface area contributed by atoms with E-state index in [0.717, 1.165) is 12.8 Å². The van der Waals surface area contributed by atoms with E-state index in [4.69, 9.17) is 0 Å². The van der Waals surface area contributed by atoms with Crippen molar-refractivity contribution in [2.75, 3.05) is 5.32 Å². The summed E-state index contributed by atoms with van der Waals surface area (Å²) in [5.74, 6) is -0.0320. The summed E-state index contributed by atoms with van der Waals surface area (Å²) >= 11 is 0. The largest absolute Gasteiger partial charge is 0.349 e. The molecule has 0 atom stereocenters. The number of carbonyl (C=O) groups is 2. The number of hydrogen-bond donors (Lipinski definition) is 3. The number of benzene rings is 1. The first kappa shape index (κ1) is 13.3. The molecule has 1 fully saturated rings. The molecule has 1 heterocycles. The predicted octanol–water partition coefficient (Wildman–Crippen LogP) is 1.26. The molecule has 108 valence electrons. The van der Waals surface area contributed by atoms with Crippen LogP contribution in [0.25, 0.3) is 0 Å². The monoisotopic (exact) mass is 285 g/mol. The molecule has 1 aliphatic carbocycles. The molecule has 1 aliphatic rings. The molecule has 0 saturated heterocycles. The summed E-state index contributed by atoms with van der Waals surface area (Å²) in [5, 5.41) is 12.0. The smallest absolute Gasteiger partial charge is 0.295 e. The van der Waals surface area contributed by atoms with Crippen LogP contribution in [0.15, 0.2) is 24.3 Å². The van der Waals surface area contributed by atoms with E-state index in [0.29, 0.717) is 17.1 Å². The van der Waals surface area contributed by atoms with Crippen molar-refractivity contribution in [2.24, 2.45) is 0 Å². The maximum Gasteiger partial charge on any atom is 0.295 e. The van der Waals surface area contributed by atoms with Crippen LogP contribution >= 0.6 is 0 Å². The molecule has 7 nitrogen and oxygen atoms in total. The van der Waals surface area contributed by atoms with Gasteiger partial charge in [0.25, 0.3) is 11.8 Å². The fourth-order valence-electron chi connectivity index (χ4n) is 1.90. The van der Waals surface area contributed by atoms with E-state index in [2.05, 4.69) is 25.8 Å². The SMILES string of the molecule is Cc1nc(C(=O)Nc2ccccc2C(=O)NC2CC2)n[nH]1. The van der Waals surface area contributed by atoms with Crippen molar-refractivity contribution in [3.05, 3.63) is 41.5 Å². The number of anilines is 1. The number of nitrogens with one attached hydrogen (secondary N) is 3. The minimum atomic E-state index is -0.453. The second kappa shape index (κ2) is 5.35. The molecular formula is C14H15N5O2. The zero-order chi connectivity index (χ0) is 14.8. The Morgan fingerprint density at radius 2 is 2.00 bits per heavy atom. The highest BCUT2D eigenvalue weighted by Gasteiger charge is 2.25. The van der Waals surface area contributed by atoms with Gasteiger partial charge in [0.15, 0.2) is 0 Å². The van der Waals surface area contributed by atoms with Gasteiger partial charge in [-0.15, -0.1) is 5.10 Å². The summed E-state index contributed by atoms with van der Waals surface area (Å²) in [6, 6.07) is 7.13. The number of aromatic nitrogens is 3. The van der Waals surface area contributed by atoms with Crippen LogP contribution < -0.4 is 10.6 Å². The van der Waals surface area contributed by atoms with E-state index in [9.17, 15) is 9.59 Å². The minimum Gasteiger partial charge on any atom is -0.349 e. The van der Waals surface area contributed by atoms with Gasteiger partial charge < -0.3 is 10.6 Å². The number of H-pyrrole nitrogens is 1. The number of hydrogen-bond acceptors (Lipinski definition) is 4. The lowest BCUT2D eigenvalue weighted by Crippen LogP contribution is -2.27. The molecule has 0 bridgehead atoms. The fourth-order valence-corrected chi connectivity index (χ4v) is 1.90. The van der Waals surface area contributed by atoms with Gasteiger partial charge in [-0.05, 0) is 31.9 Å². The first-order valence-corrected chi connectivity index (χ1v) is 6.74. The number of aromatic amines is 1. The molecule has 3 N–H and O–H groups in total. The van der Waals surface area contributed by atoms with Crippen molar-refractivity contribution in [1.82, 2.24) is 20.5 Å². The summed E-state index contributed by atoms with van der Waals surface area (Å²) < 4.78 is 0. The van der Waals surface area contributed by atoms with Crippen LogP contribution in [0.5, 0.6) is 0 Å². The normalized spacial score (nSPS) is 13.8. The third kappa shape index (κ3) is 3.07. The zero-order valence-electron chi connectivity index (χ0n) is 11.5. The average Bonchev–Trinajstić information content (AvgIpc) is 3.17. The summed E-state index contributed by atoms with van der Waals surface area (Å²) in [4.78, 5) is 28.1. The summed E-state index contributed by atoms with van der Waals surface area (Å²) in [7, 11) is 0. The Kier molecular flexibility index (Phi) is 3.39. The van der Waals surface area contributed by atoms with E-state index in [1.54, 1.807) is 31.2 Å². The Hall–Kier alpha value is -2.70. The second-order valence-electron chi connectivity index (χ2n) is 4.99. The minimum absolute atomic E-state index is 0.0462. The van der Waals surface area contributed by atoms with Crippen LogP contribution in [0.2, 0.25) is 0 Å². The van der Waals surface area contributed by atoms with E-state index < -0.39 is 5.91 Å². The van der Waals surface area contributed by atoms with Crippen LogP contribution in [-0.4, -0.2) is 33.0 Å².